The van der Waals surface area contributed by atoms with Crippen LogP contribution in [0.3, 0.4) is 0 Å². The lowest BCUT2D eigenvalue weighted by Crippen LogP contribution is -2.14. The van der Waals surface area contributed by atoms with E-state index in [9.17, 15) is 13.6 Å². The van der Waals surface area contributed by atoms with Crippen molar-refractivity contribution in [2.45, 2.75) is 53.0 Å². The number of unbranched alkanes of at least 4 members (excludes halogenated alkanes) is 2. The molecular formula is C21H26F2N2O. The number of hydrogen-bond acceptors (Lipinski definition) is 2. The Hall–Kier alpha value is -2.43. The zero-order chi connectivity index (χ0) is 19.1. The van der Waals surface area contributed by atoms with E-state index in [1.165, 1.54) is 12.1 Å². The SMILES string of the molecule is CCCCCC(=O)Nc1c(C)cc(NCc2ccc(F)cc2)c(F)c1C. The maximum Gasteiger partial charge on any atom is 0.224 e. The van der Waals surface area contributed by atoms with Crippen LogP contribution in [0.5, 0.6) is 0 Å². The van der Waals surface area contributed by atoms with E-state index in [1.807, 2.05) is 6.92 Å². The second-order valence-electron chi connectivity index (χ2n) is 6.54. The van der Waals surface area contributed by atoms with Crippen LogP contribution in [0.25, 0.3) is 0 Å². The molecule has 0 aliphatic heterocycles. The van der Waals surface area contributed by atoms with Crippen molar-refractivity contribution in [3.8, 4) is 0 Å². The van der Waals surface area contributed by atoms with Gasteiger partial charge in [0.2, 0.25) is 5.91 Å². The van der Waals surface area contributed by atoms with E-state index in [4.69, 9.17) is 0 Å². The molecule has 2 aromatic rings. The molecule has 0 fully saturated rings. The molecule has 2 N–H and O–H groups in total. The number of amides is 1. The van der Waals surface area contributed by atoms with Crippen molar-refractivity contribution in [1.82, 2.24) is 0 Å². The molecule has 0 saturated heterocycles. The molecule has 2 rings (SSSR count). The van der Waals surface area contributed by atoms with Crippen LogP contribution in [-0.4, -0.2) is 5.91 Å². The monoisotopic (exact) mass is 360 g/mol. The Morgan fingerprint density at radius 3 is 2.42 bits per heavy atom. The normalized spacial score (nSPS) is 10.7. The van der Waals surface area contributed by atoms with Crippen LogP contribution in [0.1, 0.15) is 49.3 Å². The molecule has 5 heteroatoms. The van der Waals surface area contributed by atoms with Crippen LogP contribution in [0.2, 0.25) is 0 Å². The Kier molecular flexibility index (Phi) is 7.13. The first-order valence-corrected chi connectivity index (χ1v) is 9.00. The van der Waals surface area contributed by atoms with Gasteiger partial charge in [0.05, 0.1) is 5.69 Å². The molecule has 1 amide bonds. The molecule has 0 aromatic heterocycles. The van der Waals surface area contributed by atoms with Gasteiger partial charge in [0.25, 0.3) is 0 Å². The molecule has 0 spiro atoms. The van der Waals surface area contributed by atoms with Crippen LogP contribution in [-0.2, 0) is 11.3 Å². The highest BCUT2D eigenvalue weighted by Gasteiger charge is 2.15. The summed E-state index contributed by atoms with van der Waals surface area (Å²) in [4.78, 5) is 12.0. The molecule has 0 aliphatic rings. The van der Waals surface area contributed by atoms with Gasteiger partial charge in [-0.05, 0) is 49.6 Å². The van der Waals surface area contributed by atoms with E-state index < -0.39 is 0 Å². The van der Waals surface area contributed by atoms with Crippen molar-refractivity contribution in [1.29, 1.82) is 0 Å². The van der Waals surface area contributed by atoms with Crippen molar-refractivity contribution in [2.75, 3.05) is 10.6 Å². The van der Waals surface area contributed by atoms with Crippen LogP contribution >= 0.6 is 0 Å². The van der Waals surface area contributed by atoms with Gasteiger partial charge in [-0.25, -0.2) is 8.78 Å². The Labute approximate surface area is 153 Å². The Morgan fingerprint density at radius 1 is 1.08 bits per heavy atom. The first-order valence-electron chi connectivity index (χ1n) is 9.00. The van der Waals surface area contributed by atoms with E-state index in [1.54, 1.807) is 25.1 Å². The van der Waals surface area contributed by atoms with Crippen molar-refractivity contribution in [3.05, 3.63) is 58.7 Å². The van der Waals surface area contributed by atoms with Crippen LogP contribution in [0, 0.1) is 25.5 Å². The minimum atomic E-state index is -0.387. The van der Waals surface area contributed by atoms with Gasteiger partial charge in [-0.15, -0.1) is 0 Å². The molecule has 26 heavy (non-hydrogen) atoms. The van der Waals surface area contributed by atoms with Gasteiger partial charge in [-0.1, -0.05) is 31.9 Å². The number of aryl methyl sites for hydroxylation is 1. The Balaban J connectivity index is 2.08. The molecule has 0 atom stereocenters. The molecule has 140 valence electrons. The molecule has 0 bridgehead atoms. The number of nitrogens with one attached hydrogen (secondary N) is 2. The third kappa shape index (κ3) is 5.28. The highest BCUT2D eigenvalue weighted by molar-refractivity contribution is 5.92. The minimum Gasteiger partial charge on any atom is -0.379 e. The Bertz CT molecular complexity index is 758. The summed E-state index contributed by atoms with van der Waals surface area (Å²) in [6, 6.07) is 7.76. The quantitative estimate of drug-likeness (QED) is 0.592. The fourth-order valence-corrected chi connectivity index (χ4v) is 2.82. The van der Waals surface area contributed by atoms with Crippen molar-refractivity contribution < 1.29 is 13.6 Å². The lowest BCUT2D eigenvalue weighted by molar-refractivity contribution is -0.116. The van der Waals surface area contributed by atoms with Gasteiger partial charge in [0, 0.05) is 24.2 Å². The molecule has 3 nitrogen and oxygen atoms in total. The first-order chi connectivity index (χ1) is 12.4. The summed E-state index contributed by atoms with van der Waals surface area (Å²) < 4.78 is 27.6. The van der Waals surface area contributed by atoms with Gasteiger partial charge in [-0.2, -0.15) is 0 Å². The maximum atomic E-state index is 14.7. The smallest absolute Gasteiger partial charge is 0.224 e. The van der Waals surface area contributed by atoms with Gasteiger partial charge in [-0.3, -0.25) is 4.79 Å². The molecule has 0 radical (unpaired) electrons. The van der Waals surface area contributed by atoms with E-state index in [0.29, 0.717) is 29.9 Å². The minimum absolute atomic E-state index is 0.0870. The molecule has 0 saturated carbocycles. The lowest BCUT2D eigenvalue weighted by atomic mass is 10.1. The number of anilines is 2. The van der Waals surface area contributed by atoms with E-state index in [0.717, 1.165) is 30.4 Å². The number of benzene rings is 2. The molecular weight excluding hydrogens is 334 g/mol. The summed E-state index contributed by atoms with van der Waals surface area (Å²) in [5.41, 5.74) is 2.98. The summed E-state index contributed by atoms with van der Waals surface area (Å²) in [6.45, 7) is 5.97. The largest absolute Gasteiger partial charge is 0.379 e. The highest BCUT2D eigenvalue weighted by atomic mass is 19.1. The van der Waals surface area contributed by atoms with Gasteiger partial charge < -0.3 is 10.6 Å². The number of hydrogen-bond donors (Lipinski definition) is 2. The van der Waals surface area contributed by atoms with Crippen molar-refractivity contribution >= 4 is 17.3 Å². The number of rotatable bonds is 8. The van der Waals surface area contributed by atoms with Crippen molar-refractivity contribution in [3.63, 3.8) is 0 Å². The lowest BCUT2D eigenvalue weighted by Gasteiger charge is -2.16. The Morgan fingerprint density at radius 2 is 1.77 bits per heavy atom. The summed E-state index contributed by atoms with van der Waals surface area (Å²) in [6.07, 6.45) is 3.33. The molecule has 0 unspecified atom stereocenters. The third-order valence-corrected chi connectivity index (χ3v) is 4.36. The maximum absolute atomic E-state index is 14.7. The summed E-state index contributed by atoms with van der Waals surface area (Å²) >= 11 is 0. The predicted octanol–water partition coefficient (Wildman–Crippen LogP) is 5.71. The average Bonchev–Trinajstić information content (AvgIpc) is 2.62. The fraction of sp³-hybridized carbons (Fsp3) is 0.381. The first kappa shape index (κ1) is 19.9. The standard InChI is InChI=1S/C21H26F2N2O/c1-4-5-6-7-19(26)25-21-14(2)12-18(20(23)15(21)3)24-13-16-8-10-17(22)11-9-16/h8-12,24H,4-7,13H2,1-3H3,(H,25,26). The van der Waals surface area contributed by atoms with Gasteiger partial charge in [0.15, 0.2) is 5.82 Å². The summed E-state index contributed by atoms with van der Waals surface area (Å²) in [5, 5.41) is 5.88. The number of carbonyl (C=O) groups is 1. The number of carbonyl (C=O) groups excluding carboxylic acids is 1. The van der Waals surface area contributed by atoms with Crippen LogP contribution in [0.15, 0.2) is 30.3 Å². The average molecular weight is 360 g/mol. The molecule has 0 heterocycles. The topological polar surface area (TPSA) is 41.1 Å². The van der Waals surface area contributed by atoms with Crippen molar-refractivity contribution in [2.24, 2.45) is 0 Å². The number of halogens is 2. The van der Waals surface area contributed by atoms with E-state index in [-0.39, 0.29) is 17.5 Å². The fourth-order valence-electron chi connectivity index (χ4n) is 2.82. The summed E-state index contributed by atoms with van der Waals surface area (Å²) in [7, 11) is 0. The van der Waals surface area contributed by atoms with E-state index >= 15 is 0 Å². The van der Waals surface area contributed by atoms with Crippen LogP contribution < -0.4 is 10.6 Å². The van der Waals surface area contributed by atoms with Gasteiger partial charge in [0.1, 0.15) is 5.82 Å². The molecule has 2 aromatic carbocycles. The molecule has 0 aliphatic carbocycles. The highest BCUT2D eigenvalue weighted by Crippen LogP contribution is 2.29. The predicted molar refractivity (Wildman–Crippen MR) is 102 cm³/mol. The van der Waals surface area contributed by atoms with Crippen LogP contribution in [0.4, 0.5) is 20.2 Å². The second-order valence-corrected chi connectivity index (χ2v) is 6.54. The third-order valence-electron chi connectivity index (χ3n) is 4.36. The second kappa shape index (κ2) is 9.32. The zero-order valence-electron chi connectivity index (χ0n) is 15.6. The van der Waals surface area contributed by atoms with E-state index in [2.05, 4.69) is 17.6 Å². The zero-order valence-corrected chi connectivity index (χ0v) is 15.6. The van der Waals surface area contributed by atoms with Gasteiger partial charge >= 0.3 is 0 Å². The summed E-state index contributed by atoms with van der Waals surface area (Å²) in [5.74, 6) is -0.775.